The Morgan fingerprint density at radius 2 is 2.19 bits per heavy atom. The number of rotatable bonds is 8. The van der Waals surface area contributed by atoms with Gasteiger partial charge in [-0.15, -0.1) is 11.8 Å². The van der Waals surface area contributed by atoms with E-state index in [9.17, 15) is 9.18 Å². The van der Waals surface area contributed by atoms with E-state index in [1.165, 1.54) is 18.6 Å². The summed E-state index contributed by atoms with van der Waals surface area (Å²) in [5.41, 5.74) is 0. The second-order valence-electron chi connectivity index (χ2n) is 5.40. The number of hydrogen-bond acceptors (Lipinski definition) is 3. The van der Waals surface area contributed by atoms with E-state index in [1.54, 1.807) is 23.9 Å². The molecule has 2 rings (SSSR count). The fourth-order valence-corrected chi connectivity index (χ4v) is 3.26. The third-order valence-electron chi connectivity index (χ3n) is 3.67. The molecule has 0 saturated carbocycles. The van der Waals surface area contributed by atoms with Crippen LogP contribution in [0.4, 0.5) is 4.39 Å². The molecule has 1 aromatic carbocycles. The largest absolute Gasteiger partial charge is 0.356 e. The van der Waals surface area contributed by atoms with E-state index >= 15 is 0 Å². The lowest BCUT2D eigenvalue weighted by Gasteiger charge is -2.08. The Kier molecular flexibility index (Phi) is 7.03. The van der Waals surface area contributed by atoms with Crippen LogP contribution in [0.3, 0.4) is 0 Å². The molecule has 1 aliphatic rings. The van der Waals surface area contributed by atoms with Gasteiger partial charge in [-0.3, -0.25) is 4.79 Å². The van der Waals surface area contributed by atoms with Crippen LogP contribution in [-0.2, 0) is 4.79 Å². The summed E-state index contributed by atoms with van der Waals surface area (Å²) in [4.78, 5) is 12.8. The van der Waals surface area contributed by atoms with Crippen molar-refractivity contribution in [3.05, 3.63) is 30.1 Å². The van der Waals surface area contributed by atoms with Crippen LogP contribution in [0, 0.1) is 11.7 Å². The van der Waals surface area contributed by atoms with Crippen molar-refractivity contribution in [1.82, 2.24) is 10.6 Å². The molecule has 1 amide bonds. The molecule has 0 spiro atoms. The molecule has 1 atom stereocenters. The first-order valence-electron chi connectivity index (χ1n) is 7.60. The number of amides is 1. The highest BCUT2D eigenvalue weighted by Crippen LogP contribution is 2.18. The van der Waals surface area contributed by atoms with Crippen molar-refractivity contribution in [3.8, 4) is 0 Å². The lowest BCUT2D eigenvalue weighted by Crippen LogP contribution is -2.25. The summed E-state index contributed by atoms with van der Waals surface area (Å²) in [5.74, 6) is 1.56. The highest BCUT2D eigenvalue weighted by atomic mass is 32.2. The van der Waals surface area contributed by atoms with Crippen LogP contribution in [0.1, 0.15) is 25.7 Å². The van der Waals surface area contributed by atoms with Gasteiger partial charge in [-0.25, -0.2) is 4.39 Å². The van der Waals surface area contributed by atoms with Crippen molar-refractivity contribution in [2.24, 2.45) is 5.92 Å². The Morgan fingerprint density at radius 1 is 1.38 bits per heavy atom. The van der Waals surface area contributed by atoms with E-state index in [1.807, 2.05) is 0 Å². The molecular weight excluding hydrogens is 287 g/mol. The number of halogens is 1. The minimum absolute atomic E-state index is 0.161. The lowest BCUT2D eigenvalue weighted by atomic mass is 10.0. The van der Waals surface area contributed by atoms with Crippen molar-refractivity contribution in [1.29, 1.82) is 0 Å². The first kappa shape index (κ1) is 16.3. The number of thioether (sulfide) groups is 1. The molecule has 116 valence electrons. The van der Waals surface area contributed by atoms with Crippen molar-refractivity contribution in [2.45, 2.75) is 30.6 Å². The average molecular weight is 310 g/mol. The summed E-state index contributed by atoms with van der Waals surface area (Å²) >= 11 is 1.69. The van der Waals surface area contributed by atoms with E-state index in [4.69, 9.17) is 0 Å². The topological polar surface area (TPSA) is 41.1 Å². The van der Waals surface area contributed by atoms with Gasteiger partial charge in [-0.2, -0.15) is 0 Å². The van der Waals surface area contributed by atoms with Gasteiger partial charge in [0.25, 0.3) is 0 Å². The van der Waals surface area contributed by atoms with E-state index in [2.05, 4.69) is 10.6 Å². The zero-order valence-corrected chi connectivity index (χ0v) is 13.1. The minimum Gasteiger partial charge on any atom is -0.356 e. The van der Waals surface area contributed by atoms with Gasteiger partial charge < -0.3 is 10.6 Å². The first-order chi connectivity index (χ1) is 10.2. The predicted octanol–water partition coefficient (Wildman–Crippen LogP) is 2.81. The predicted molar refractivity (Wildman–Crippen MR) is 85.0 cm³/mol. The molecule has 1 aromatic rings. The Hall–Kier alpha value is -1.07. The van der Waals surface area contributed by atoms with Gasteiger partial charge in [-0.05, 0) is 68.3 Å². The molecule has 1 aliphatic heterocycles. The Labute approximate surface area is 130 Å². The molecule has 2 N–H and O–H groups in total. The van der Waals surface area contributed by atoms with Crippen LogP contribution >= 0.6 is 11.8 Å². The fraction of sp³-hybridized carbons (Fsp3) is 0.562. The van der Waals surface area contributed by atoms with Crippen LogP contribution in [0.2, 0.25) is 0 Å². The Balaban J connectivity index is 1.48. The molecule has 5 heteroatoms. The fourth-order valence-electron chi connectivity index (χ4n) is 2.41. The van der Waals surface area contributed by atoms with Gasteiger partial charge in [0.15, 0.2) is 0 Å². The average Bonchev–Trinajstić information content (AvgIpc) is 3.00. The van der Waals surface area contributed by atoms with E-state index in [0.29, 0.717) is 12.3 Å². The van der Waals surface area contributed by atoms with Crippen molar-refractivity contribution >= 4 is 17.7 Å². The van der Waals surface area contributed by atoms with Gasteiger partial charge in [0.1, 0.15) is 5.82 Å². The van der Waals surface area contributed by atoms with Gasteiger partial charge >= 0.3 is 0 Å². The normalized spacial score (nSPS) is 17.9. The summed E-state index contributed by atoms with van der Waals surface area (Å²) < 4.78 is 12.7. The van der Waals surface area contributed by atoms with Crippen LogP contribution in [0.15, 0.2) is 29.2 Å². The number of benzene rings is 1. The van der Waals surface area contributed by atoms with E-state index in [-0.39, 0.29) is 11.7 Å². The third-order valence-corrected chi connectivity index (χ3v) is 4.77. The highest BCUT2D eigenvalue weighted by Gasteiger charge is 2.15. The molecule has 1 fully saturated rings. The van der Waals surface area contributed by atoms with Crippen LogP contribution < -0.4 is 10.6 Å². The quantitative estimate of drug-likeness (QED) is 0.573. The lowest BCUT2D eigenvalue weighted by molar-refractivity contribution is -0.121. The van der Waals surface area contributed by atoms with Crippen molar-refractivity contribution < 1.29 is 9.18 Å². The van der Waals surface area contributed by atoms with Gasteiger partial charge in [-0.1, -0.05) is 0 Å². The molecule has 0 aromatic heterocycles. The first-order valence-corrected chi connectivity index (χ1v) is 8.58. The zero-order chi connectivity index (χ0) is 14.9. The Bertz CT molecular complexity index is 432. The smallest absolute Gasteiger partial charge is 0.220 e. The molecule has 1 unspecified atom stereocenters. The number of nitrogens with one attached hydrogen (secondary N) is 2. The highest BCUT2D eigenvalue weighted by molar-refractivity contribution is 7.99. The van der Waals surface area contributed by atoms with Crippen LogP contribution in [0.5, 0.6) is 0 Å². The molecule has 1 heterocycles. The molecule has 0 aliphatic carbocycles. The van der Waals surface area contributed by atoms with E-state index < -0.39 is 0 Å². The molecule has 0 bridgehead atoms. The molecule has 0 radical (unpaired) electrons. The van der Waals surface area contributed by atoms with E-state index in [0.717, 1.165) is 43.1 Å². The van der Waals surface area contributed by atoms with Crippen LogP contribution in [-0.4, -0.2) is 31.3 Å². The summed E-state index contributed by atoms with van der Waals surface area (Å²) in [6.07, 6.45) is 3.75. The zero-order valence-electron chi connectivity index (χ0n) is 12.2. The summed E-state index contributed by atoms with van der Waals surface area (Å²) in [5, 5.41) is 6.29. The van der Waals surface area contributed by atoms with Gasteiger partial charge in [0, 0.05) is 17.9 Å². The monoisotopic (exact) mass is 310 g/mol. The maximum absolute atomic E-state index is 12.7. The number of carbonyl (C=O) groups is 1. The summed E-state index contributed by atoms with van der Waals surface area (Å²) in [6, 6.07) is 6.52. The number of hydrogen-bond donors (Lipinski definition) is 2. The van der Waals surface area contributed by atoms with Gasteiger partial charge in [0.2, 0.25) is 5.91 Å². The van der Waals surface area contributed by atoms with Crippen LogP contribution in [0.25, 0.3) is 0 Å². The molecule has 21 heavy (non-hydrogen) atoms. The summed E-state index contributed by atoms with van der Waals surface area (Å²) in [6.45, 7) is 2.87. The molecular formula is C16H23FN2OS. The maximum atomic E-state index is 12.7. The number of carbonyl (C=O) groups excluding carboxylic acids is 1. The molecule has 3 nitrogen and oxygen atoms in total. The Morgan fingerprint density at radius 3 is 2.90 bits per heavy atom. The molecule has 1 saturated heterocycles. The summed E-state index contributed by atoms with van der Waals surface area (Å²) in [7, 11) is 0. The van der Waals surface area contributed by atoms with Gasteiger partial charge in [0.05, 0.1) is 0 Å². The standard InChI is InChI=1S/C16H23FN2OS/c17-14-3-5-15(6-4-14)21-11-1-9-19-16(20)7-2-13-8-10-18-12-13/h3-6,13,18H,1-2,7-12H2,(H,19,20). The SMILES string of the molecule is O=C(CCC1CCNC1)NCCCSc1ccc(F)cc1. The maximum Gasteiger partial charge on any atom is 0.220 e. The second-order valence-corrected chi connectivity index (χ2v) is 6.57. The third kappa shape index (κ3) is 6.48. The van der Waals surface area contributed by atoms with Crippen molar-refractivity contribution in [3.63, 3.8) is 0 Å². The second kappa shape index (κ2) is 9.05. The minimum atomic E-state index is -0.205. The van der Waals surface area contributed by atoms with Crippen molar-refractivity contribution in [2.75, 3.05) is 25.4 Å².